The quantitative estimate of drug-likeness (QED) is 0.726. The van der Waals surface area contributed by atoms with Crippen LogP contribution in [0.25, 0.3) is 11.4 Å². The summed E-state index contributed by atoms with van der Waals surface area (Å²) >= 11 is 1.67. The molecule has 0 fully saturated rings. The Hall–Kier alpha value is -1.88. The fraction of sp³-hybridized carbons (Fsp3) is 0.0909. The van der Waals surface area contributed by atoms with E-state index in [9.17, 15) is 0 Å². The molecule has 16 heavy (non-hydrogen) atoms. The average Bonchev–Trinajstić information content (AvgIpc) is 2.99. The maximum absolute atomic E-state index is 4.57. The van der Waals surface area contributed by atoms with Crippen molar-refractivity contribution in [2.24, 2.45) is 0 Å². The summed E-state index contributed by atoms with van der Waals surface area (Å²) < 4.78 is 0. The maximum atomic E-state index is 4.57. The Morgan fingerprint density at radius 3 is 3.06 bits per heavy atom. The highest BCUT2D eigenvalue weighted by Gasteiger charge is 2.06. The van der Waals surface area contributed by atoms with Gasteiger partial charge in [-0.1, -0.05) is 0 Å². The number of aromatic amines is 2. The van der Waals surface area contributed by atoms with Crippen LogP contribution in [0.1, 0.15) is 10.7 Å². The number of hydrogen-bond donors (Lipinski definition) is 2. The molecule has 3 rings (SSSR count). The third-order valence-electron chi connectivity index (χ3n) is 2.32. The van der Waals surface area contributed by atoms with Crippen LogP contribution < -0.4 is 0 Å². The smallest absolute Gasteiger partial charge is 0.0992 e. The van der Waals surface area contributed by atoms with Gasteiger partial charge in [0.25, 0.3) is 0 Å². The van der Waals surface area contributed by atoms with Crippen molar-refractivity contribution in [3.8, 4) is 11.4 Å². The van der Waals surface area contributed by atoms with E-state index in [0.717, 1.165) is 28.5 Å². The van der Waals surface area contributed by atoms with Gasteiger partial charge in [-0.3, -0.25) is 0 Å². The van der Waals surface area contributed by atoms with Crippen molar-refractivity contribution in [2.45, 2.75) is 6.42 Å². The predicted octanol–water partition coefficient (Wildman–Crippen LogP) is 2.45. The molecule has 0 radical (unpaired) electrons. The number of thiazole rings is 1. The molecule has 0 saturated carbocycles. The Morgan fingerprint density at radius 1 is 1.31 bits per heavy atom. The second-order valence-electron chi connectivity index (χ2n) is 3.46. The number of imidazole rings is 1. The Bertz CT molecular complexity index is 551. The van der Waals surface area contributed by atoms with Gasteiger partial charge in [0.2, 0.25) is 0 Å². The van der Waals surface area contributed by atoms with Gasteiger partial charge < -0.3 is 9.97 Å². The van der Waals surface area contributed by atoms with Gasteiger partial charge in [0.1, 0.15) is 0 Å². The molecule has 5 heteroatoms. The summed E-state index contributed by atoms with van der Waals surface area (Å²) in [6.07, 6.45) is 6.24. The molecule has 0 spiro atoms. The first-order valence-electron chi connectivity index (χ1n) is 4.97. The molecule has 0 aromatic carbocycles. The van der Waals surface area contributed by atoms with Gasteiger partial charge in [-0.2, -0.15) is 0 Å². The molecule has 0 atom stereocenters. The van der Waals surface area contributed by atoms with E-state index in [1.807, 2.05) is 24.5 Å². The van der Waals surface area contributed by atoms with Gasteiger partial charge in [-0.25, -0.2) is 9.97 Å². The number of nitrogens with zero attached hydrogens (tertiary/aromatic N) is 2. The Morgan fingerprint density at radius 2 is 2.31 bits per heavy atom. The predicted molar refractivity (Wildman–Crippen MR) is 63.3 cm³/mol. The van der Waals surface area contributed by atoms with Crippen molar-refractivity contribution < 1.29 is 0 Å². The van der Waals surface area contributed by atoms with Gasteiger partial charge in [-0.05, 0) is 12.1 Å². The van der Waals surface area contributed by atoms with Crippen LogP contribution >= 0.6 is 11.3 Å². The van der Waals surface area contributed by atoms with E-state index in [4.69, 9.17) is 0 Å². The van der Waals surface area contributed by atoms with Gasteiger partial charge in [-0.15, -0.1) is 11.3 Å². The standard InChI is InChI=1S/C11H10N4S/c1-2-9(13-3-1)10-6-16-11(15-10)4-8-5-12-7-14-8/h1-3,5-7,13H,4H2,(H,12,14). The fourth-order valence-corrected chi connectivity index (χ4v) is 2.37. The molecule has 3 heterocycles. The largest absolute Gasteiger partial charge is 0.360 e. The first-order chi connectivity index (χ1) is 7.92. The Labute approximate surface area is 96.4 Å². The summed E-state index contributed by atoms with van der Waals surface area (Å²) in [5.74, 6) is 0. The molecule has 0 aliphatic heterocycles. The number of aromatic nitrogens is 4. The lowest BCUT2D eigenvalue weighted by atomic mass is 10.3. The number of H-pyrrole nitrogens is 2. The summed E-state index contributed by atoms with van der Waals surface area (Å²) in [6.45, 7) is 0. The zero-order valence-corrected chi connectivity index (χ0v) is 9.29. The molecule has 0 aliphatic rings. The molecule has 0 saturated heterocycles. The van der Waals surface area contributed by atoms with Gasteiger partial charge in [0, 0.05) is 29.9 Å². The summed E-state index contributed by atoms with van der Waals surface area (Å²) in [7, 11) is 0. The summed E-state index contributed by atoms with van der Waals surface area (Å²) in [5.41, 5.74) is 3.16. The highest BCUT2D eigenvalue weighted by atomic mass is 32.1. The summed E-state index contributed by atoms with van der Waals surface area (Å²) in [4.78, 5) is 14.8. The van der Waals surface area contributed by atoms with E-state index in [2.05, 4.69) is 25.3 Å². The Balaban J connectivity index is 1.83. The van der Waals surface area contributed by atoms with E-state index in [0.29, 0.717) is 0 Å². The molecule has 80 valence electrons. The van der Waals surface area contributed by atoms with E-state index < -0.39 is 0 Å². The second kappa shape index (κ2) is 3.94. The van der Waals surface area contributed by atoms with Crippen LogP contribution in [0.3, 0.4) is 0 Å². The van der Waals surface area contributed by atoms with Crippen molar-refractivity contribution in [3.63, 3.8) is 0 Å². The van der Waals surface area contributed by atoms with Crippen LogP contribution in [0.2, 0.25) is 0 Å². The maximum Gasteiger partial charge on any atom is 0.0992 e. The SMILES string of the molecule is c1c[nH]c(-c2csc(Cc3cnc[nH]3)n2)c1. The lowest BCUT2D eigenvalue weighted by Crippen LogP contribution is -1.87. The van der Waals surface area contributed by atoms with Gasteiger partial charge in [0.15, 0.2) is 0 Å². The van der Waals surface area contributed by atoms with Crippen LogP contribution in [0, 0.1) is 0 Å². The molecule has 4 nitrogen and oxygen atoms in total. The van der Waals surface area contributed by atoms with Gasteiger partial charge in [0.05, 0.1) is 22.7 Å². The number of nitrogens with one attached hydrogen (secondary N) is 2. The number of rotatable bonds is 3. The first kappa shape index (κ1) is 9.35. The monoisotopic (exact) mass is 230 g/mol. The molecular weight excluding hydrogens is 220 g/mol. The van der Waals surface area contributed by atoms with Crippen LogP contribution in [0.4, 0.5) is 0 Å². The molecule has 0 amide bonds. The highest BCUT2D eigenvalue weighted by molar-refractivity contribution is 7.10. The molecule has 3 aromatic rings. The minimum absolute atomic E-state index is 0.811. The average molecular weight is 230 g/mol. The topological polar surface area (TPSA) is 57.4 Å². The minimum atomic E-state index is 0.811. The van der Waals surface area contributed by atoms with Crippen molar-refractivity contribution in [1.82, 2.24) is 19.9 Å². The first-order valence-corrected chi connectivity index (χ1v) is 5.85. The van der Waals surface area contributed by atoms with Gasteiger partial charge >= 0.3 is 0 Å². The lowest BCUT2D eigenvalue weighted by Gasteiger charge is -1.91. The van der Waals surface area contributed by atoms with Crippen molar-refractivity contribution in [2.75, 3.05) is 0 Å². The van der Waals surface area contributed by atoms with Crippen LogP contribution in [0.15, 0.2) is 36.2 Å². The third-order valence-corrected chi connectivity index (χ3v) is 3.17. The molecule has 3 aromatic heterocycles. The van der Waals surface area contributed by atoms with Crippen LogP contribution in [-0.4, -0.2) is 19.9 Å². The van der Waals surface area contributed by atoms with E-state index in [1.165, 1.54) is 0 Å². The molecule has 2 N–H and O–H groups in total. The highest BCUT2D eigenvalue weighted by Crippen LogP contribution is 2.21. The third kappa shape index (κ3) is 1.77. The van der Waals surface area contributed by atoms with Crippen molar-refractivity contribution in [3.05, 3.63) is 46.9 Å². The molecule has 0 bridgehead atoms. The summed E-state index contributed by atoms with van der Waals surface area (Å²) in [6, 6.07) is 4.00. The van der Waals surface area contributed by atoms with Crippen LogP contribution in [-0.2, 0) is 6.42 Å². The minimum Gasteiger partial charge on any atom is -0.360 e. The van der Waals surface area contributed by atoms with E-state index >= 15 is 0 Å². The molecular formula is C11H10N4S. The fourth-order valence-electron chi connectivity index (χ4n) is 1.55. The molecule has 0 aliphatic carbocycles. The lowest BCUT2D eigenvalue weighted by molar-refractivity contribution is 1.08. The summed E-state index contributed by atoms with van der Waals surface area (Å²) in [5, 5.41) is 3.16. The van der Waals surface area contributed by atoms with Crippen molar-refractivity contribution in [1.29, 1.82) is 0 Å². The normalized spacial score (nSPS) is 10.8. The van der Waals surface area contributed by atoms with Crippen LogP contribution in [0.5, 0.6) is 0 Å². The zero-order valence-electron chi connectivity index (χ0n) is 8.47. The Kier molecular flexibility index (Phi) is 2.30. The second-order valence-corrected chi connectivity index (χ2v) is 4.41. The van der Waals surface area contributed by atoms with E-state index in [1.54, 1.807) is 17.7 Å². The van der Waals surface area contributed by atoms with Crippen molar-refractivity contribution >= 4 is 11.3 Å². The zero-order chi connectivity index (χ0) is 10.8. The van der Waals surface area contributed by atoms with E-state index in [-0.39, 0.29) is 0 Å². The molecule has 0 unspecified atom stereocenters. The number of hydrogen-bond acceptors (Lipinski definition) is 3.